The molecule has 3 heteroatoms. The number of aromatic nitrogens is 2. The van der Waals surface area contributed by atoms with Crippen LogP contribution in [0.3, 0.4) is 0 Å². The van der Waals surface area contributed by atoms with Crippen molar-refractivity contribution in [2.45, 2.75) is 0 Å². The van der Waals surface area contributed by atoms with Gasteiger partial charge in [-0.1, -0.05) is 121 Å². The zero-order valence-corrected chi connectivity index (χ0v) is 27.0. The van der Waals surface area contributed by atoms with E-state index in [1.807, 2.05) is 78.9 Å². The Morgan fingerprint density at radius 1 is 0.373 bits per heavy atom. The molecule has 238 valence electrons. The molecule has 0 saturated heterocycles. The summed E-state index contributed by atoms with van der Waals surface area (Å²) in [7, 11) is 0. The van der Waals surface area contributed by atoms with Gasteiger partial charge in [-0.05, 0) is 82.9 Å². The molecule has 51 heavy (non-hydrogen) atoms. The predicted molar refractivity (Wildman–Crippen MR) is 213 cm³/mol. The van der Waals surface area contributed by atoms with Crippen molar-refractivity contribution in [3.05, 3.63) is 182 Å². The summed E-state index contributed by atoms with van der Waals surface area (Å²) in [6.45, 7) is 0. The van der Waals surface area contributed by atoms with Crippen LogP contribution in [0.25, 0.3) is 99.2 Å². The van der Waals surface area contributed by atoms with Gasteiger partial charge < -0.3 is 13.6 Å². The molecule has 0 unspecified atom stereocenters. The Morgan fingerprint density at radius 2 is 1.00 bits per heavy atom. The Bertz CT molecular complexity index is 3570. The van der Waals surface area contributed by atoms with Gasteiger partial charge in [0.1, 0.15) is 11.2 Å². The second-order valence-electron chi connectivity index (χ2n) is 12.7. The molecule has 0 aliphatic heterocycles. The Hall–Kier alpha value is -6.84. The van der Waals surface area contributed by atoms with Crippen molar-refractivity contribution in [1.29, 1.82) is 0 Å². The van der Waals surface area contributed by atoms with Gasteiger partial charge in [-0.2, -0.15) is 0 Å². The van der Waals surface area contributed by atoms with E-state index in [1.165, 1.54) is 6.07 Å². The molecule has 0 spiro atoms. The minimum atomic E-state index is -0.504. The summed E-state index contributed by atoms with van der Waals surface area (Å²) in [5.41, 5.74) is 7.98. The minimum Gasteiger partial charge on any atom is -0.456 e. The molecule has 0 amide bonds. The van der Waals surface area contributed by atoms with Crippen LogP contribution in [0.15, 0.2) is 186 Å². The Balaban J connectivity index is 1.14. The predicted octanol–water partition coefficient (Wildman–Crippen LogP) is 13.1. The maximum absolute atomic E-state index is 9.32. The summed E-state index contributed by atoms with van der Waals surface area (Å²) in [5.74, 6) is 0. The molecular weight excluding hydrogens is 621 g/mol. The van der Waals surface area contributed by atoms with Crippen LogP contribution in [-0.2, 0) is 0 Å². The highest BCUT2D eigenvalue weighted by Crippen LogP contribution is 2.43. The van der Waals surface area contributed by atoms with Gasteiger partial charge in [-0.3, -0.25) is 0 Å². The van der Waals surface area contributed by atoms with Gasteiger partial charge in [0, 0.05) is 43.7 Å². The van der Waals surface area contributed by atoms with E-state index in [1.54, 1.807) is 4.57 Å². The highest BCUT2D eigenvalue weighted by Gasteiger charge is 2.21. The minimum absolute atomic E-state index is 0.0508. The highest BCUT2D eigenvalue weighted by molar-refractivity contribution is 6.29. The monoisotopic (exact) mass is 658 g/mol. The quantitative estimate of drug-likeness (QED) is 0.185. The Kier molecular flexibility index (Phi) is 4.52. The van der Waals surface area contributed by atoms with Gasteiger partial charge in [0.05, 0.1) is 33.0 Å². The van der Waals surface area contributed by atoms with Crippen molar-refractivity contribution >= 4 is 65.6 Å². The molecular formula is C48H30N2O. The van der Waals surface area contributed by atoms with Crippen molar-refractivity contribution in [1.82, 2.24) is 9.13 Å². The normalized spacial score (nSPS) is 14.1. The van der Waals surface area contributed by atoms with Crippen LogP contribution in [0.5, 0.6) is 0 Å². The van der Waals surface area contributed by atoms with Gasteiger partial charge in [0.15, 0.2) is 0 Å². The lowest BCUT2D eigenvalue weighted by molar-refractivity contribution is 0.669. The molecule has 0 atom stereocenters. The van der Waals surface area contributed by atoms with Gasteiger partial charge in [-0.25, -0.2) is 0 Å². The summed E-state index contributed by atoms with van der Waals surface area (Å²) >= 11 is 0. The van der Waals surface area contributed by atoms with E-state index in [0.29, 0.717) is 11.0 Å². The second kappa shape index (κ2) is 10.8. The first kappa shape index (κ1) is 21.3. The standard InChI is InChI=1S/C48H30N2O/c1-2-11-31(12-3-1)32-21-25-34(26-22-32)49-40-17-7-4-13-37(40)47-42(49)29-30-43-48(47)38-14-5-8-18-41(38)50(43)35-27-23-33(24-28-35)36-16-10-20-45-46(36)39-15-6-9-19-44(39)51-45/h1-30H/i1D,2D,3D,11D,21D,22D,25D,26D. The molecule has 0 aliphatic carbocycles. The van der Waals surface area contributed by atoms with E-state index in [2.05, 4.69) is 53.1 Å². The van der Waals surface area contributed by atoms with E-state index in [9.17, 15) is 2.74 Å². The molecule has 0 fully saturated rings. The zero-order valence-electron chi connectivity index (χ0n) is 35.0. The van der Waals surface area contributed by atoms with Gasteiger partial charge >= 0.3 is 0 Å². The maximum atomic E-state index is 9.32. The van der Waals surface area contributed by atoms with E-state index >= 15 is 0 Å². The molecule has 0 aliphatic rings. The van der Waals surface area contributed by atoms with E-state index in [0.717, 1.165) is 71.3 Å². The van der Waals surface area contributed by atoms with Crippen molar-refractivity contribution in [2.75, 3.05) is 0 Å². The number of fused-ring (bicyclic) bond motifs is 10. The van der Waals surface area contributed by atoms with Gasteiger partial charge in [-0.15, -0.1) is 0 Å². The molecule has 3 nitrogen and oxygen atoms in total. The van der Waals surface area contributed by atoms with Crippen LogP contribution in [0, 0.1) is 0 Å². The maximum Gasteiger partial charge on any atom is 0.136 e. The molecule has 0 bridgehead atoms. The first-order valence-electron chi connectivity index (χ1n) is 20.8. The number of para-hydroxylation sites is 3. The highest BCUT2D eigenvalue weighted by atomic mass is 16.3. The van der Waals surface area contributed by atoms with Crippen LogP contribution in [0.2, 0.25) is 0 Å². The Morgan fingerprint density at radius 3 is 1.73 bits per heavy atom. The fourth-order valence-corrected chi connectivity index (χ4v) is 7.81. The van der Waals surface area contributed by atoms with E-state index < -0.39 is 30.2 Å². The van der Waals surface area contributed by atoms with E-state index in [-0.39, 0.29) is 34.9 Å². The molecule has 3 heterocycles. The smallest absolute Gasteiger partial charge is 0.136 e. The topological polar surface area (TPSA) is 23.0 Å². The number of hydrogen-bond donors (Lipinski definition) is 0. The number of furan rings is 1. The summed E-state index contributed by atoms with van der Waals surface area (Å²) in [6, 6.07) is 40.9. The number of rotatable bonds is 4. The van der Waals surface area contributed by atoms with Crippen LogP contribution in [0.1, 0.15) is 11.0 Å². The molecule has 3 aromatic heterocycles. The first-order valence-corrected chi connectivity index (χ1v) is 16.8. The summed E-state index contributed by atoms with van der Waals surface area (Å²) < 4.78 is 80.0. The molecule has 0 N–H and O–H groups in total. The van der Waals surface area contributed by atoms with Gasteiger partial charge in [0.25, 0.3) is 0 Å². The molecule has 0 radical (unpaired) electrons. The van der Waals surface area contributed by atoms with Gasteiger partial charge in [0.2, 0.25) is 0 Å². The van der Waals surface area contributed by atoms with Crippen molar-refractivity contribution in [2.24, 2.45) is 0 Å². The van der Waals surface area contributed by atoms with Crippen molar-refractivity contribution < 1.29 is 15.4 Å². The van der Waals surface area contributed by atoms with E-state index in [4.69, 9.17) is 12.6 Å². The van der Waals surface area contributed by atoms with Crippen LogP contribution in [0.4, 0.5) is 0 Å². The largest absolute Gasteiger partial charge is 0.456 e. The summed E-state index contributed by atoms with van der Waals surface area (Å²) in [6.07, 6.45) is 0. The second-order valence-corrected chi connectivity index (χ2v) is 12.7. The van der Waals surface area contributed by atoms with Crippen LogP contribution < -0.4 is 0 Å². The van der Waals surface area contributed by atoms with Crippen LogP contribution in [-0.4, -0.2) is 9.13 Å². The third-order valence-electron chi connectivity index (χ3n) is 9.96. The molecule has 11 aromatic rings. The molecule has 11 rings (SSSR count). The third-order valence-corrected chi connectivity index (χ3v) is 9.96. The lowest BCUT2D eigenvalue weighted by Gasteiger charge is -2.11. The van der Waals surface area contributed by atoms with Crippen LogP contribution >= 0.6 is 0 Å². The van der Waals surface area contributed by atoms with Crippen molar-refractivity contribution in [3.63, 3.8) is 0 Å². The lowest BCUT2D eigenvalue weighted by Crippen LogP contribution is -1.95. The SMILES string of the molecule is [2H]c1cc(-c2c([2H])c([2H])c(-n3c4ccccc4c4c5c6ccccc6n(-c6ccc(-c7cccc8oc9ccccc9c78)cc6)c5ccc43)c([2H])c2[2H])c([2H])c([2H])c1[2H]. The molecule has 8 aromatic carbocycles. The summed E-state index contributed by atoms with van der Waals surface area (Å²) in [5, 5.41) is 5.94. The fraction of sp³-hybridized carbons (Fsp3) is 0. The summed E-state index contributed by atoms with van der Waals surface area (Å²) in [4.78, 5) is 0. The lowest BCUT2D eigenvalue weighted by atomic mass is 9.99. The number of nitrogens with zero attached hydrogens (tertiary/aromatic N) is 2. The average Bonchev–Trinajstić information content (AvgIpc) is 3.92. The van der Waals surface area contributed by atoms with Crippen molar-refractivity contribution in [3.8, 4) is 33.6 Å². The molecule has 0 saturated carbocycles. The number of hydrogen-bond acceptors (Lipinski definition) is 1. The average molecular weight is 659 g/mol. The first-order chi connectivity index (χ1) is 28.6. The Labute approximate surface area is 305 Å². The zero-order chi connectivity index (χ0) is 40.4. The third kappa shape index (κ3) is 4.12. The number of benzene rings is 8. The fourth-order valence-electron chi connectivity index (χ4n) is 7.81.